The molecule has 3 rings (SSSR count). The van der Waals surface area contributed by atoms with Crippen molar-refractivity contribution in [3.05, 3.63) is 72.1 Å². The molecule has 2 aliphatic rings. The lowest BCUT2D eigenvalue weighted by molar-refractivity contribution is 0.0603. The second-order valence-electron chi connectivity index (χ2n) is 6.28. The summed E-state index contributed by atoms with van der Waals surface area (Å²) in [6.45, 7) is 9.84. The maximum absolute atomic E-state index is 13.3. The predicted octanol–water partition coefficient (Wildman–Crippen LogP) is 3.74. The third kappa shape index (κ3) is 3.66. The van der Waals surface area contributed by atoms with E-state index in [1.54, 1.807) is 29.2 Å². The molecule has 2 aliphatic heterocycles. The molecule has 5 heteroatoms. The fourth-order valence-electron chi connectivity index (χ4n) is 3.46. The summed E-state index contributed by atoms with van der Waals surface area (Å²) in [6.07, 6.45) is 4.63. The van der Waals surface area contributed by atoms with Crippen LogP contribution in [0.2, 0.25) is 0 Å². The van der Waals surface area contributed by atoms with E-state index in [2.05, 4.69) is 18.5 Å². The number of carbonyl (C=O) groups excluding carboxylic acids is 1. The highest BCUT2D eigenvalue weighted by Gasteiger charge is 2.34. The maximum atomic E-state index is 13.3. The van der Waals surface area contributed by atoms with Crippen LogP contribution >= 0.6 is 0 Å². The van der Waals surface area contributed by atoms with Gasteiger partial charge in [-0.1, -0.05) is 37.4 Å². The first-order valence-electron chi connectivity index (χ1n) is 8.55. The molecule has 1 amide bonds. The zero-order valence-corrected chi connectivity index (χ0v) is 14.2. The molecule has 25 heavy (non-hydrogen) atoms. The normalized spacial score (nSPS) is 23.5. The van der Waals surface area contributed by atoms with Crippen LogP contribution in [0.15, 0.2) is 60.7 Å². The first-order valence-corrected chi connectivity index (χ1v) is 8.55. The van der Waals surface area contributed by atoms with Crippen molar-refractivity contribution in [2.24, 2.45) is 0 Å². The number of nitrogens with zero attached hydrogens (tertiary/aromatic N) is 1. The molecular formula is C20H23FN2O2. The van der Waals surface area contributed by atoms with Gasteiger partial charge in [-0.2, -0.15) is 0 Å². The van der Waals surface area contributed by atoms with Crippen molar-refractivity contribution in [3.8, 4) is 0 Å². The number of allylic oxidation sites excluding steroid dienone is 1. The van der Waals surface area contributed by atoms with Gasteiger partial charge in [-0.15, -0.1) is 0 Å². The summed E-state index contributed by atoms with van der Waals surface area (Å²) in [6, 6.07) is 5.87. The maximum Gasteiger partial charge on any atom is 0.410 e. The molecule has 0 spiro atoms. The Kier molecular flexibility index (Phi) is 5.34. The number of nitrogens with one attached hydrogen (secondary N) is 1. The lowest BCUT2D eigenvalue weighted by Crippen LogP contribution is -2.41. The molecule has 4 nitrogen and oxygen atoms in total. The van der Waals surface area contributed by atoms with Gasteiger partial charge in [-0.25, -0.2) is 9.18 Å². The van der Waals surface area contributed by atoms with Crippen LogP contribution in [-0.4, -0.2) is 36.7 Å². The first-order chi connectivity index (χ1) is 12.1. The lowest BCUT2D eigenvalue weighted by atomic mass is 9.88. The molecule has 0 aromatic heterocycles. The standard InChI is InChI=1S/C20H23FN2O2/c1-3-14-10-12-23(20(24)25-17-9-11-22-13-17)19(18(14)4-2)15-5-7-16(21)8-6-15/h3-8,17,19,22H,1-2,9-13H2. The number of benzene rings is 1. The van der Waals surface area contributed by atoms with E-state index in [0.717, 1.165) is 29.7 Å². The van der Waals surface area contributed by atoms with Gasteiger partial charge in [0.15, 0.2) is 0 Å². The van der Waals surface area contributed by atoms with Gasteiger partial charge in [0.05, 0.1) is 6.04 Å². The number of amides is 1. The highest BCUT2D eigenvalue weighted by Crippen LogP contribution is 2.37. The molecule has 0 bridgehead atoms. The Balaban J connectivity index is 1.93. The average molecular weight is 342 g/mol. The van der Waals surface area contributed by atoms with Crippen molar-refractivity contribution >= 4 is 6.09 Å². The minimum Gasteiger partial charge on any atom is -0.445 e. The van der Waals surface area contributed by atoms with E-state index >= 15 is 0 Å². The fourth-order valence-corrected chi connectivity index (χ4v) is 3.46. The summed E-state index contributed by atoms with van der Waals surface area (Å²) in [5.41, 5.74) is 2.79. The van der Waals surface area contributed by atoms with Gasteiger partial charge in [-0.3, -0.25) is 4.90 Å². The molecular weight excluding hydrogens is 319 g/mol. The van der Waals surface area contributed by atoms with Crippen molar-refractivity contribution in [3.63, 3.8) is 0 Å². The van der Waals surface area contributed by atoms with Gasteiger partial charge in [0, 0.05) is 13.1 Å². The van der Waals surface area contributed by atoms with Gasteiger partial charge in [0.1, 0.15) is 11.9 Å². The smallest absolute Gasteiger partial charge is 0.410 e. The SMILES string of the molecule is C=CC1=C(C=C)C(c2ccc(F)cc2)N(C(=O)OC2CCNC2)CC1. The van der Waals surface area contributed by atoms with E-state index in [0.29, 0.717) is 19.5 Å². The van der Waals surface area contributed by atoms with Gasteiger partial charge in [-0.05, 0) is 48.2 Å². The molecule has 1 aromatic carbocycles. The molecule has 1 saturated heterocycles. The number of ether oxygens (including phenoxy) is 1. The van der Waals surface area contributed by atoms with Crippen molar-refractivity contribution in [1.29, 1.82) is 0 Å². The van der Waals surface area contributed by atoms with Crippen molar-refractivity contribution in [1.82, 2.24) is 10.2 Å². The molecule has 132 valence electrons. The summed E-state index contributed by atoms with van der Waals surface area (Å²) in [5, 5.41) is 3.19. The van der Waals surface area contributed by atoms with Crippen LogP contribution < -0.4 is 5.32 Å². The Labute approximate surface area is 147 Å². The molecule has 1 N–H and O–H groups in total. The summed E-state index contributed by atoms with van der Waals surface area (Å²) in [4.78, 5) is 14.5. The Morgan fingerprint density at radius 1 is 1.28 bits per heavy atom. The Morgan fingerprint density at radius 2 is 2.04 bits per heavy atom. The van der Waals surface area contributed by atoms with Crippen LogP contribution in [0.1, 0.15) is 24.4 Å². The lowest BCUT2D eigenvalue weighted by Gasteiger charge is -2.37. The Hall–Kier alpha value is -2.40. The van der Waals surface area contributed by atoms with Crippen LogP contribution in [0.3, 0.4) is 0 Å². The van der Waals surface area contributed by atoms with Crippen LogP contribution in [0.5, 0.6) is 0 Å². The molecule has 0 saturated carbocycles. The summed E-state index contributed by atoms with van der Waals surface area (Å²) in [7, 11) is 0. The van der Waals surface area contributed by atoms with Gasteiger partial charge < -0.3 is 10.1 Å². The van der Waals surface area contributed by atoms with E-state index in [-0.39, 0.29) is 24.1 Å². The zero-order valence-electron chi connectivity index (χ0n) is 14.2. The average Bonchev–Trinajstić information content (AvgIpc) is 3.14. The van der Waals surface area contributed by atoms with Crippen molar-refractivity contribution < 1.29 is 13.9 Å². The molecule has 0 aliphatic carbocycles. The van der Waals surface area contributed by atoms with E-state index in [1.165, 1.54) is 12.1 Å². The van der Waals surface area contributed by atoms with Crippen LogP contribution in [-0.2, 0) is 4.74 Å². The predicted molar refractivity (Wildman–Crippen MR) is 95.6 cm³/mol. The highest BCUT2D eigenvalue weighted by molar-refractivity contribution is 5.70. The second kappa shape index (κ2) is 7.66. The highest BCUT2D eigenvalue weighted by atomic mass is 19.1. The fraction of sp³-hybridized carbons (Fsp3) is 0.350. The number of hydrogen-bond acceptors (Lipinski definition) is 3. The second-order valence-corrected chi connectivity index (χ2v) is 6.28. The van der Waals surface area contributed by atoms with Crippen molar-refractivity contribution in [2.45, 2.75) is 25.0 Å². The quantitative estimate of drug-likeness (QED) is 0.906. The number of hydrogen-bond donors (Lipinski definition) is 1. The molecule has 0 radical (unpaired) electrons. The monoisotopic (exact) mass is 342 g/mol. The third-order valence-electron chi connectivity index (χ3n) is 4.77. The Bertz CT molecular complexity index is 690. The molecule has 1 fully saturated rings. The van der Waals surface area contributed by atoms with Gasteiger partial charge in [0.2, 0.25) is 0 Å². The van der Waals surface area contributed by atoms with Crippen LogP contribution in [0.25, 0.3) is 0 Å². The summed E-state index contributed by atoms with van der Waals surface area (Å²) >= 11 is 0. The van der Waals surface area contributed by atoms with E-state index in [4.69, 9.17) is 4.74 Å². The topological polar surface area (TPSA) is 41.6 Å². The molecule has 2 atom stereocenters. The van der Waals surface area contributed by atoms with Gasteiger partial charge in [0.25, 0.3) is 0 Å². The number of halogens is 1. The number of carbonyl (C=O) groups is 1. The van der Waals surface area contributed by atoms with Crippen LogP contribution in [0.4, 0.5) is 9.18 Å². The molecule has 1 aromatic rings. The summed E-state index contributed by atoms with van der Waals surface area (Å²) < 4.78 is 19.0. The first kappa shape index (κ1) is 17.4. The Morgan fingerprint density at radius 3 is 2.64 bits per heavy atom. The summed E-state index contributed by atoms with van der Waals surface area (Å²) in [5.74, 6) is -0.307. The number of rotatable bonds is 4. The third-order valence-corrected chi connectivity index (χ3v) is 4.77. The van der Waals surface area contributed by atoms with E-state index in [1.807, 2.05) is 0 Å². The minimum absolute atomic E-state index is 0.0988. The van der Waals surface area contributed by atoms with Crippen LogP contribution in [0, 0.1) is 5.82 Å². The zero-order chi connectivity index (χ0) is 17.8. The minimum atomic E-state index is -0.346. The molecule has 2 unspecified atom stereocenters. The van der Waals surface area contributed by atoms with E-state index < -0.39 is 0 Å². The van der Waals surface area contributed by atoms with E-state index in [9.17, 15) is 9.18 Å². The van der Waals surface area contributed by atoms with Crippen molar-refractivity contribution in [2.75, 3.05) is 19.6 Å². The van der Waals surface area contributed by atoms with Gasteiger partial charge >= 0.3 is 6.09 Å². The largest absolute Gasteiger partial charge is 0.445 e. The molecule has 2 heterocycles.